The van der Waals surface area contributed by atoms with Crippen LogP contribution < -0.4 is 0 Å². The number of sulfonamides is 1. The van der Waals surface area contributed by atoms with Gasteiger partial charge in [-0.05, 0) is 31.4 Å². The summed E-state index contributed by atoms with van der Waals surface area (Å²) >= 11 is 0. The molecule has 8 nitrogen and oxygen atoms in total. The van der Waals surface area contributed by atoms with Crippen LogP contribution in [0.15, 0.2) is 35.2 Å². The summed E-state index contributed by atoms with van der Waals surface area (Å²) in [5.74, 6) is 0.451. The smallest absolute Gasteiger partial charge is 0.243 e. The van der Waals surface area contributed by atoms with Crippen LogP contribution in [0.3, 0.4) is 0 Å². The van der Waals surface area contributed by atoms with Crippen LogP contribution in [0, 0.1) is 5.92 Å². The molecule has 3 aliphatic rings. The molecule has 0 aliphatic carbocycles. The van der Waals surface area contributed by atoms with Gasteiger partial charge in [-0.25, -0.2) is 16.8 Å². The number of sulfone groups is 1. The van der Waals surface area contributed by atoms with E-state index in [4.69, 9.17) is 0 Å². The molecule has 1 unspecified atom stereocenters. The highest BCUT2D eigenvalue weighted by Gasteiger charge is 2.37. The lowest BCUT2D eigenvalue weighted by atomic mass is 9.96. The fourth-order valence-electron chi connectivity index (χ4n) is 4.71. The van der Waals surface area contributed by atoms with Gasteiger partial charge in [-0.15, -0.1) is 0 Å². The summed E-state index contributed by atoms with van der Waals surface area (Å²) in [5.41, 5.74) is 0. The van der Waals surface area contributed by atoms with E-state index < -0.39 is 19.9 Å². The van der Waals surface area contributed by atoms with Crippen molar-refractivity contribution in [3.63, 3.8) is 0 Å². The second-order valence-electron chi connectivity index (χ2n) is 8.41. The minimum atomic E-state index is -3.51. The standard InChI is InChI=1S/C20H29N3O5S2/c24-20(22-13-11-21(12-14-22)18-8-15-29(25,26)16-18)17-6-9-23(10-7-17)30(27,28)19-4-2-1-3-5-19/h1-5,17-18H,6-16H2. The number of carbonyl (C=O) groups excluding carboxylic acids is 1. The highest BCUT2D eigenvalue weighted by atomic mass is 32.2. The Kier molecular flexibility index (Phi) is 6.20. The van der Waals surface area contributed by atoms with Crippen LogP contribution in [0.4, 0.5) is 0 Å². The van der Waals surface area contributed by atoms with Gasteiger partial charge in [-0.2, -0.15) is 4.31 Å². The van der Waals surface area contributed by atoms with Crippen molar-refractivity contribution in [3.05, 3.63) is 30.3 Å². The minimum Gasteiger partial charge on any atom is -0.340 e. The molecule has 0 bridgehead atoms. The first-order valence-electron chi connectivity index (χ1n) is 10.5. The zero-order chi connectivity index (χ0) is 21.4. The Morgan fingerprint density at radius 3 is 2.10 bits per heavy atom. The van der Waals surface area contributed by atoms with Crippen molar-refractivity contribution in [1.29, 1.82) is 0 Å². The van der Waals surface area contributed by atoms with E-state index in [2.05, 4.69) is 4.90 Å². The Hall–Kier alpha value is -1.49. The van der Waals surface area contributed by atoms with Crippen molar-refractivity contribution in [1.82, 2.24) is 14.1 Å². The van der Waals surface area contributed by atoms with Gasteiger partial charge in [0.05, 0.1) is 16.4 Å². The van der Waals surface area contributed by atoms with Crippen molar-refractivity contribution in [2.24, 2.45) is 5.92 Å². The van der Waals surface area contributed by atoms with Gasteiger partial charge in [0.25, 0.3) is 0 Å². The molecule has 4 rings (SSSR count). The van der Waals surface area contributed by atoms with Crippen LogP contribution in [-0.2, 0) is 24.7 Å². The predicted octanol–water partition coefficient (Wildman–Crippen LogP) is 0.419. The molecule has 3 aliphatic heterocycles. The molecule has 0 radical (unpaired) electrons. The van der Waals surface area contributed by atoms with Crippen molar-refractivity contribution < 1.29 is 21.6 Å². The second-order valence-corrected chi connectivity index (χ2v) is 12.6. The number of carbonyl (C=O) groups is 1. The number of benzene rings is 1. The molecule has 1 aromatic carbocycles. The number of hydrogen-bond acceptors (Lipinski definition) is 6. The summed E-state index contributed by atoms with van der Waals surface area (Å²) in [6.07, 6.45) is 1.75. The highest BCUT2D eigenvalue weighted by molar-refractivity contribution is 7.91. The van der Waals surface area contributed by atoms with Gasteiger partial charge in [0, 0.05) is 51.2 Å². The number of piperidine rings is 1. The zero-order valence-corrected chi connectivity index (χ0v) is 18.7. The molecule has 3 heterocycles. The van der Waals surface area contributed by atoms with Crippen molar-refractivity contribution in [3.8, 4) is 0 Å². The molecule has 0 saturated carbocycles. The van der Waals surface area contributed by atoms with E-state index in [0.717, 1.165) is 0 Å². The molecule has 3 saturated heterocycles. The van der Waals surface area contributed by atoms with E-state index >= 15 is 0 Å². The molecule has 166 valence electrons. The molecule has 0 spiro atoms. The van der Waals surface area contributed by atoms with Crippen molar-refractivity contribution in [2.45, 2.75) is 30.2 Å². The topological polar surface area (TPSA) is 95.1 Å². The van der Waals surface area contributed by atoms with Crippen LogP contribution in [0.2, 0.25) is 0 Å². The molecular formula is C20H29N3O5S2. The van der Waals surface area contributed by atoms with Gasteiger partial charge >= 0.3 is 0 Å². The van der Waals surface area contributed by atoms with Gasteiger partial charge in [-0.3, -0.25) is 9.69 Å². The van der Waals surface area contributed by atoms with Crippen molar-refractivity contribution in [2.75, 3.05) is 50.8 Å². The van der Waals surface area contributed by atoms with E-state index in [1.54, 1.807) is 30.3 Å². The Morgan fingerprint density at radius 2 is 1.53 bits per heavy atom. The third-order valence-electron chi connectivity index (χ3n) is 6.53. The summed E-state index contributed by atoms with van der Waals surface area (Å²) in [4.78, 5) is 17.3. The summed E-state index contributed by atoms with van der Waals surface area (Å²) < 4.78 is 50.4. The Bertz CT molecular complexity index is 965. The van der Waals surface area contributed by atoms with Gasteiger partial charge in [0.15, 0.2) is 9.84 Å². The normalized spacial score (nSPS) is 26.7. The first-order chi connectivity index (χ1) is 14.3. The van der Waals surface area contributed by atoms with Gasteiger partial charge in [-0.1, -0.05) is 18.2 Å². The minimum absolute atomic E-state index is 0.0821. The summed E-state index contributed by atoms with van der Waals surface area (Å²) in [7, 11) is -6.41. The number of hydrogen-bond donors (Lipinski definition) is 0. The van der Waals surface area contributed by atoms with Crippen LogP contribution in [0.25, 0.3) is 0 Å². The molecule has 0 N–H and O–H groups in total. The first kappa shape index (κ1) is 21.7. The Balaban J connectivity index is 1.28. The lowest BCUT2D eigenvalue weighted by Gasteiger charge is -2.40. The van der Waals surface area contributed by atoms with Gasteiger partial charge < -0.3 is 4.90 Å². The largest absolute Gasteiger partial charge is 0.340 e. The maximum Gasteiger partial charge on any atom is 0.243 e. The molecule has 1 amide bonds. The summed E-state index contributed by atoms with van der Waals surface area (Å²) in [6, 6.07) is 8.49. The fourth-order valence-corrected chi connectivity index (χ4v) is 7.97. The highest BCUT2D eigenvalue weighted by Crippen LogP contribution is 2.26. The third kappa shape index (κ3) is 4.56. The molecular weight excluding hydrogens is 426 g/mol. The Labute approximate surface area is 178 Å². The van der Waals surface area contributed by atoms with Crippen LogP contribution >= 0.6 is 0 Å². The predicted molar refractivity (Wildman–Crippen MR) is 113 cm³/mol. The van der Waals surface area contributed by atoms with E-state index in [0.29, 0.717) is 63.4 Å². The molecule has 1 atom stereocenters. The van der Waals surface area contributed by atoms with Gasteiger partial charge in [0.1, 0.15) is 0 Å². The summed E-state index contributed by atoms with van der Waals surface area (Å²) in [6.45, 7) is 3.33. The molecule has 30 heavy (non-hydrogen) atoms. The fraction of sp³-hybridized carbons (Fsp3) is 0.650. The van der Waals surface area contributed by atoms with E-state index in [1.807, 2.05) is 4.90 Å². The van der Waals surface area contributed by atoms with Crippen molar-refractivity contribution >= 4 is 25.8 Å². The quantitative estimate of drug-likeness (QED) is 0.653. The number of piperazine rings is 1. The van der Waals surface area contributed by atoms with Crippen LogP contribution in [0.5, 0.6) is 0 Å². The average Bonchev–Trinajstić information content (AvgIpc) is 3.14. The lowest BCUT2D eigenvalue weighted by Crippen LogP contribution is -2.54. The van der Waals surface area contributed by atoms with Gasteiger partial charge in [0.2, 0.25) is 15.9 Å². The molecule has 10 heteroatoms. The Morgan fingerprint density at radius 1 is 0.900 bits per heavy atom. The van der Waals surface area contributed by atoms with Crippen LogP contribution in [0.1, 0.15) is 19.3 Å². The maximum atomic E-state index is 13.0. The first-order valence-corrected chi connectivity index (χ1v) is 13.8. The molecule has 0 aromatic heterocycles. The molecule has 1 aromatic rings. The molecule has 3 fully saturated rings. The maximum absolute atomic E-state index is 13.0. The number of rotatable bonds is 4. The number of nitrogens with zero attached hydrogens (tertiary/aromatic N) is 3. The second kappa shape index (κ2) is 8.57. The SMILES string of the molecule is O=C(C1CCN(S(=O)(=O)c2ccccc2)CC1)N1CCN(C2CCS(=O)(=O)C2)CC1. The van der Waals surface area contributed by atoms with E-state index in [1.165, 1.54) is 4.31 Å². The monoisotopic (exact) mass is 455 g/mol. The summed E-state index contributed by atoms with van der Waals surface area (Å²) in [5, 5.41) is 0. The average molecular weight is 456 g/mol. The van der Waals surface area contributed by atoms with Crippen LogP contribution in [-0.4, -0.2) is 93.7 Å². The third-order valence-corrected chi connectivity index (χ3v) is 10.2. The lowest BCUT2D eigenvalue weighted by molar-refractivity contribution is -0.138. The zero-order valence-electron chi connectivity index (χ0n) is 17.0. The van der Waals surface area contributed by atoms with E-state index in [9.17, 15) is 21.6 Å². The van der Waals surface area contributed by atoms with E-state index in [-0.39, 0.29) is 29.4 Å². The number of amides is 1.